The Hall–Kier alpha value is -3.20. The minimum absolute atomic E-state index is 0.0125. The summed E-state index contributed by atoms with van der Waals surface area (Å²) in [5.74, 6) is -1.12. The highest BCUT2D eigenvalue weighted by atomic mass is 35.5. The molecule has 144 valence electrons. The SMILES string of the molecule is COC(=O)c1nc(Cl)c(C#N)cc1C.COC(=O)c1ncc(C#N)c(Cl)c1C. The second-order valence-corrected chi connectivity index (χ2v) is 5.89. The molecule has 10 heteroatoms. The smallest absolute Gasteiger partial charge is 0.356 e. The highest BCUT2D eigenvalue weighted by molar-refractivity contribution is 6.32. The third kappa shape index (κ3) is 5.17. The van der Waals surface area contributed by atoms with Crippen LogP contribution in [0, 0.1) is 36.5 Å². The molecule has 0 aliphatic rings. The fourth-order valence-electron chi connectivity index (χ4n) is 1.94. The predicted molar refractivity (Wildman–Crippen MR) is 100 cm³/mol. The molecule has 2 rings (SSSR count). The third-order valence-electron chi connectivity index (χ3n) is 3.41. The van der Waals surface area contributed by atoms with E-state index in [0.29, 0.717) is 11.1 Å². The summed E-state index contributed by atoms with van der Waals surface area (Å²) in [4.78, 5) is 29.9. The van der Waals surface area contributed by atoms with E-state index in [-0.39, 0.29) is 32.7 Å². The van der Waals surface area contributed by atoms with Crippen LogP contribution in [0.1, 0.15) is 43.2 Å². The van der Waals surface area contributed by atoms with Crippen LogP contribution in [0.25, 0.3) is 0 Å². The lowest BCUT2D eigenvalue weighted by Gasteiger charge is -2.04. The number of aromatic nitrogens is 2. The molecule has 0 amide bonds. The first-order valence-corrected chi connectivity index (χ1v) is 8.26. The van der Waals surface area contributed by atoms with E-state index in [1.165, 1.54) is 26.5 Å². The zero-order valence-corrected chi connectivity index (χ0v) is 16.8. The molecule has 0 aliphatic carbocycles. The third-order valence-corrected chi connectivity index (χ3v) is 4.18. The topological polar surface area (TPSA) is 126 Å². The standard InChI is InChI=1S/2C9H7ClN2O2/c1-5-7(10)6(3-11)4-12-8(5)9(13)14-2;1-5-3-6(4-11)8(10)12-7(5)9(13)14-2/h4H,1-2H3;3H,1-2H3. The largest absolute Gasteiger partial charge is 0.464 e. The van der Waals surface area contributed by atoms with Gasteiger partial charge in [0.05, 0.1) is 30.4 Å². The number of ether oxygens (including phenoxy) is 2. The predicted octanol–water partition coefficient (Wildman–Crippen LogP) is 3.40. The molecule has 0 aliphatic heterocycles. The number of esters is 2. The van der Waals surface area contributed by atoms with E-state index in [9.17, 15) is 9.59 Å². The minimum Gasteiger partial charge on any atom is -0.464 e. The summed E-state index contributed by atoms with van der Waals surface area (Å²) >= 11 is 11.5. The Labute approximate surface area is 171 Å². The van der Waals surface area contributed by atoms with Gasteiger partial charge in [-0.15, -0.1) is 0 Å². The van der Waals surface area contributed by atoms with Crippen molar-refractivity contribution in [2.24, 2.45) is 0 Å². The minimum atomic E-state index is -0.561. The van der Waals surface area contributed by atoms with E-state index in [2.05, 4.69) is 19.4 Å². The molecule has 28 heavy (non-hydrogen) atoms. The number of hydrogen-bond acceptors (Lipinski definition) is 8. The lowest BCUT2D eigenvalue weighted by atomic mass is 10.1. The highest BCUT2D eigenvalue weighted by Gasteiger charge is 2.16. The van der Waals surface area contributed by atoms with Crippen molar-refractivity contribution in [3.8, 4) is 12.1 Å². The van der Waals surface area contributed by atoms with Crippen LogP contribution in [0.3, 0.4) is 0 Å². The van der Waals surface area contributed by atoms with Gasteiger partial charge in [-0.2, -0.15) is 10.5 Å². The van der Waals surface area contributed by atoms with Crippen LogP contribution < -0.4 is 0 Å². The first-order valence-electron chi connectivity index (χ1n) is 7.50. The number of halogens is 2. The summed E-state index contributed by atoms with van der Waals surface area (Å²) in [6, 6.07) is 5.25. The van der Waals surface area contributed by atoms with Gasteiger partial charge < -0.3 is 9.47 Å². The van der Waals surface area contributed by atoms with Crippen LogP contribution in [0.2, 0.25) is 10.2 Å². The number of aryl methyl sites for hydroxylation is 1. The Morgan fingerprint density at radius 3 is 2.04 bits per heavy atom. The van der Waals surface area contributed by atoms with Gasteiger partial charge in [-0.05, 0) is 25.5 Å². The van der Waals surface area contributed by atoms with Gasteiger partial charge >= 0.3 is 11.9 Å². The summed E-state index contributed by atoms with van der Waals surface area (Å²) in [5.41, 5.74) is 1.79. The first kappa shape index (κ1) is 22.8. The van der Waals surface area contributed by atoms with Gasteiger partial charge in [0.1, 0.15) is 17.3 Å². The number of rotatable bonds is 2. The number of hydrogen-bond donors (Lipinski definition) is 0. The lowest BCUT2D eigenvalue weighted by molar-refractivity contribution is 0.0584. The average molecular weight is 421 g/mol. The molecule has 0 fully saturated rings. The zero-order chi connectivity index (χ0) is 21.4. The summed E-state index contributed by atoms with van der Waals surface area (Å²) in [6.07, 6.45) is 1.25. The molecule has 0 spiro atoms. The van der Waals surface area contributed by atoms with Gasteiger partial charge in [0.2, 0.25) is 0 Å². The molecule has 0 saturated carbocycles. The average Bonchev–Trinajstić information content (AvgIpc) is 2.70. The molecule has 0 bridgehead atoms. The van der Waals surface area contributed by atoms with Gasteiger partial charge in [0, 0.05) is 11.8 Å². The zero-order valence-electron chi connectivity index (χ0n) is 15.3. The fraction of sp³-hybridized carbons (Fsp3) is 0.222. The second kappa shape index (κ2) is 10.2. The van der Waals surface area contributed by atoms with Crippen molar-refractivity contribution in [1.82, 2.24) is 9.97 Å². The molecule has 2 aromatic heterocycles. The van der Waals surface area contributed by atoms with Gasteiger partial charge in [-0.25, -0.2) is 19.6 Å². The Bertz CT molecular complexity index is 984. The van der Waals surface area contributed by atoms with Crippen LogP contribution in [-0.4, -0.2) is 36.1 Å². The highest BCUT2D eigenvalue weighted by Crippen LogP contribution is 2.21. The monoisotopic (exact) mass is 420 g/mol. The Balaban J connectivity index is 0.000000280. The number of carbonyl (C=O) groups is 2. The Morgan fingerprint density at radius 1 is 1.00 bits per heavy atom. The molecular formula is C18H14Cl2N4O4. The summed E-state index contributed by atoms with van der Waals surface area (Å²) in [7, 11) is 2.52. The molecule has 0 radical (unpaired) electrons. The molecule has 0 aromatic carbocycles. The normalized spacial score (nSPS) is 9.29. The van der Waals surface area contributed by atoms with Gasteiger partial charge in [0.15, 0.2) is 11.4 Å². The molecule has 0 atom stereocenters. The molecule has 0 saturated heterocycles. The maximum atomic E-state index is 11.2. The van der Waals surface area contributed by atoms with Crippen LogP contribution >= 0.6 is 23.2 Å². The molecule has 0 N–H and O–H groups in total. The molecule has 0 unspecified atom stereocenters. The summed E-state index contributed by atoms with van der Waals surface area (Å²) in [6.45, 7) is 3.28. The molecule has 8 nitrogen and oxygen atoms in total. The second-order valence-electron chi connectivity index (χ2n) is 5.16. The van der Waals surface area contributed by atoms with Crippen LogP contribution in [0.15, 0.2) is 12.3 Å². The lowest BCUT2D eigenvalue weighted by Crippen LogP contribution is -2.07. The number of pyridine rings is 2. The molecule has 2 aromatic rings. The van der Waals surface area contributed by atoms with E-state index in [4.69, 9.17) is 33.7 Å². The van der Waals surface area contributed by atoms with E-state index in [0.717, 1.165) is 0 Å². The number of carbonyl (C=O) groups excluding carboxylic acids is 2. The van der Waals surface area contributed by atoms with Gasteiger partial charge in [-0.1, -0.05) is 23.2 Å². The molecular weight excluding hydrogens is 407 g/mol. The van der Waals surface area contributed by atoms with Crippen molar-refractivity contribution in [2.75, 3.05) is 14.2 Å². The van der Waals surface area contributed by atoms with Gasteiger partial charge in [0.25, 0.3) is 0 Å². The number of methoxy groups -OCH3 is 2. The Kier molecular flexibility index (Phi) is 8.33. The summed E-state index contributed by atoms with van der Waals surface area (Å²) in [5, 5.41) is 17.5. The van der Waals surface area contributed by atoms with Crippen LogP contribution in [0.4, 0.5) is 0 Å². The van der Waals surface area contributed by atoms with Gasteiger partial charge in [-0.3, -0.25) is 0 Å². The van der Waals surface area contributed by atoms with Crippen molar-refractivity contribution in [3.05, 3.63) is 56.1 Å². The van der Waals surface area contributed by atoms with Crippen LogP contribution in [0.5, 0.6) is 0 Å². The maximum absolute atomic E-state index is 11.2. The first-order chi connectivity index (χ1) is 13.2. The van der Waals surface area contributed by atoms with E-state index < -0.39 is 11.9 Å². The maximum Gasteiger partial charge on any atom is 0.356 e. The quantitative estimate of drug-likeness (QED) is 0.534. The summed E-state index contributed by atoms with van der Waals surface area (Å²) < 4.78 is 9.01. The van der Waals surface area contributed by atoms with Crippen molar-refractivity contribution in [2.45, 2.75) is 13.8 Å². The Morgan fingerprint density at radius 2 is 1.54 bits per heavy atom. The van der Waals surface area contributed by atoms with Crippen molar-refractivity contribution in [1.29, 1.82) is 10.5 Å². The van der Waals surface area contributed by atoms with E-state index >= 15 is 0 Å². The van der Waals surface area contributed by atoms with Crippen LogP contribution in [-0.2, 0) is 9.47 Å². The van der Waals surface area contributed by atoms with Crippen molar-refractivity contribution < 1.29 is 19.1 Å². The van der Waals surface area contributed by atoms with Crippen molar-refractivity contribution >= 4 is 35.1 Å². The fourth-order valence-corrected chi connectivity index (χ4v) is 2.30. The molecule has 2 heterocycles. The van der Waals surface area contributed by atoms with E-state index in [1.54, 1.807) is 13.8 Å². The number of nitrogens with zero attached hydrogens (tertiary/aromatic N) is 4. The number of nitriles is 2. The van der Waals surface area contributed by atoms with E-state index in [1.807, 2.05) is 12.1 Å². The van der Waals surface area contributed by atoms with Crippen molar-refractivity contribution in [3.63, 3.8) is 0 Å².